The molecule has 1 aliphatic rings. The van der Waals surface area contributed by atoms with Gasteiger partial charge in [0.1, 0.15) is 11.5 Å². The van der Waals surface area contributed by atoms with E-state index in [4.69, 9.17) is 21.1 Å². The zero-order valence-corrected chi connectivity index (χ0v) is 17.2. The predicted molar refractivity (Wildman–Crippen MR) is 102 cm³/mol. The smallest absolute Gasteiger partial charge is 0.417 e. The van der Waals surface area contributed by atoms with Crippen molar-refractivity contribution in [2.75, 3.05) is 14.2 Å². The molecule has 3 rings (SSSR count). The molecule has 2 aromatic carbocycles. The molecule has 0 aromatic heterocycles. The van der Waals surface area contributed by atoms with Crippen molar-refractivity contribution in [1.82, 2.24) is 4.31 Å². The molecule has 5 nitrogen and oxygen atoms in total. The van der Waals surface area contributed by atoms with Crippen molar-refractivity contribution in [2.45, 2.75) is 36.5 Å². The summed E-state index contributed by atoms with van der Waals surface area (Å²) in [5.41, 5.74) is -0.793. The summed E-state index contributed by atoms with van der Waals surface area (Å²) in [7, 11) is -1.56. The summed E-state index contributed by atoms with van der Waals surface area (Å²) in [6.45, 7) is -0.146. The first-order chi connectivity index (χ1) is 13.6. The number of hydrogen-bond donors (Lipinski definition) is 0. The lowest BCUT2D eigenvalue weighted by Crippen LogP contribution is -2.34. The lowest BCUT2D eigenvalue weighted by molar-refractivity contribution is -0.139. The number of alkyl halides is 3. The molecule has 1 aliphatic carbocycles. The summed E-state index contributed by atoms with van der Waals surface area (Å²) in [5, 5.41) is -0.191. The third-order valence-electron chi connectivity index (χ3n) is 4.60. The molecular weight excluding hydrogens is 431 g/mol. The number of halogens is 4. The van der Waals surface area contributed by atoms with Crippen LogP contribution in [0.25, 0.3) is 0 Å². The van der Waals surface area contributed by atoms with E-state index in [1.807, 2.05) is 0 Å². The van der Waals surface area contributed by atoms with E-state index in [9.17, 15) is 21.6 Å². The van der Waals surface area contributed by atoms with Gasteiger partial charge in [0.25, 0.3) is 0 Å². The van der Waals surface area contributed by atoms with E-state index in [1.54, 1.807) is 18.2 Å². The molecule has 0 bridgehead atoms. The number of hydrogen-bond acceptors (Lipinski definition) is 4. The Morgan fingerprint density at radius 3 is 2.34 bits per heavy atom. The van der Waals surface area contributed by atoms with Gasteiger partial charge in [0.05, 0.1) is 24.7 Å². The van der Waals surface area contributed by atoms with E-state index in [2.05, 4.69) is 0 Å². The van der Waals surface area contributed by atoms with Crippen LogP contribution in [0, 0.1) is 0 Å². The monoisotopic (exact) mass is 449 g/mol. The summed E-state index contributed by atoms with van der Waals surface area (Å²) in [6.07, 6.45) is -3.73. The SMILES string of the molecule is COc1ccc(OC)c(CN(C2CC2)S(=O)(=O)c2ccc(Cl)cc2C(F)(F)F)c1. The Morgan fingerprint density at radius 2 is 1.79 bits per heavy atom. The maximum absolute atomic E-state index is 13.5. The van der Waals surface area contributed by atoms with Gasteiger partial charge in [0, 0.05) is 23.2 Å². The first-order valence-corrected chi connectivity index (χ1v) is 10.5. The molecule has 0 unspecified atom stereocenters. The van der Waals surface area contributed by atoms with E-state index in [1.165, 1.54) is 14.2 Å². The normalized spacial score (nSPS) is 14.9. The summed E-state index contributed by atoms with van der Waals surface area (Å²) in [6, 6.07) is 7.17. The van der Waals surface area contributed by atoms with Crippen molar-refractivity contribution in [3.05, 3.63) is 52.5 Å². The van der Waals surface area contributed by atoms with Crippen LogP contribution in [-0.2, 0) is 22.7 Å². The highest BCUT2D eigenvalue weighted by Gasteiger charge is 2.43. The van der Waals surface area contributed by atoms with E-state index < -0.39 is 26.7 Å². The molecule has 0 radical (unpaired) electrons. The van der Waals surface area contributed by atoms with Gasteiger partial charge < -0.3 is 9.47 Å². The summed E-state index contributed by atoms with van der Waals surface area (Å²) >= 11 is 5.69. The van der Waals surface area contributed by atoms with E-state index in [0.29, 0.717) is 36.0 Å². The number of ether oxygens (including phenoxy) is 2. The molecule has 29 heavy (non-hydrogen) atoms. The van der Waals surface area contributed by atoms with Crippen molar-refractivity contribution in [3.63, 3.8) is 0 Å². The van der Waals surface area contributed by atoms with E-state index in [0.717, 1.165) is 16.4 Å². The molecule has 10 heteroatoms. The Morgan fingerprint density at radius 1 is 1.10 bits per heavy atom. The molecule has 2 aromatic rings. The third-order valence-corrected chi connectivity index (χ3v) is 6.79. The molecule has 1 saturated carbocycles. The van der Waals surface area contributed by atoms with Gasteiger partial charge in [-0.2, -0.15) is 17.5 Å². The fourth-order valence-electron chi connectivity index (χ4n) is 3.02. The molecule has 0 saturated heterocycles. The van der Waals surface area contributed by atoms with Crippen LogP contribution < -0.4 is 9.47 Å². The highest BCUT2D eigenvalue weighted by molar-refractivity contribution is 7.89. The Bertz CT molecular complexity index is 1010. The fourth-order valence-corrected chi connectivity index (χ4v) is 5.05. The zero-order valence-electron chi connectivity index (χ0n) is 15.7. The minimum atomic E-state index is -4.86. The second kappa shape index (κ2) is 8.04. The first-order valence-electron chi connectivity index (χ1n) is 8.67. The highest BCUT2D eigenvalue weighted by Crippen LogP contribution is 2.41. The van der Waals surface area contributed by atoms with E-state index in [-0.39, 0.29) is 17.6 Å². The van der Waals surface area contributed by atoms with Crippen LogP contribution in [0.3, 0.4) is 0 Å². The maximum Gasteiger partial charge on any atom is 0.417 e. The average molecular weight is 450 g/mol. The summed E-state index contributed by atoms with van der Waals surface area (Å²) in [4.78, 5) is -0.817. The van der Waals surface area contributed by atoms with Crippen molar-refractivity contribution in [2.24, 2.45) is 0 Å². The molecule has 0 N–H and O–H groups in total. The van der Waals surface area contributed by atoms with Crippen LogP contribution >= 0.6 is 11.6 Å². The molecular formula is C19H19ClF3NO4S. The molecule has 0 heterocycles. The Labute approximate surface area is 172 Å². The topological polar surface area (TPSA) is 55.8 Å². The number of benzene rings is 2. The van der Waals surface area contributed by atoms with Crippen molar-refractivity contribution < 1.29 is 31.1 Å². The minimum Gasteiger partial charge on any atom is -0.497 e. The lowest BCUT2D eigenvalue weighted by atomic mass is 10.2. The standard InChI is InChI=1S/C19H19ClF3NO4S/c1-27-15-6-7-17(28-2)12(9-15)11-24(14-4-5-14)29(25,26)18-8-3-13(20)10-16(18)19(21,22)23/h3,6-10,14H,4-5,11H2,1-2H3. The zero-order chi connectivity index (χ0) is 21.4. The predicted octanol–water partition coefficient (Wildman–Crippen LogP) is 4.73. The first kappa shape index (κ1) is 21.7. The van der Waals surface area contributed by atoms with E-state index >= 15 is 0 Å². The van der Waals surface area contributed by atoms with Gasteiger partial charge in [0.15, 0.2) is 0 Å². The van der Waals surface area contributed by atoms with Crippen LogP contribution in [0.1, 0.15) is 24.0 Å². The second-order valence-electron chi connectivity index (χ2n) is 6.60. The Kier molecular flexibility index (Phi) is 6.03. The molecule has 1 fully saturated rings. The largest absolute Gasteiger partial charge is 0.497 e. The van der Waals surface area contributed by atoms with Gasteiger partial charge in [-0.05, 0) is 49.2 Å². The molecule has 158 valence electrons. The van der Waals surface area contributed by atoms with Gasteiger partial charge in [-0.25, -0.2) is 8.42 Å². The minimum absolute atomic E-state index is 0.146. The Balaban J connectivity index is 2.07. The van der Waals surface area contributed by atoms with Gasteiger partial charge >= 0.3 is 6.18 Å². The number of sulfonamides is 1. The molecule has 0 aliphatic heterocycles. The van der Waals surface area contributed by atoms with Crippen LogP contribution in [0.4, 0.5) is 13.2 Å². The summed E-state index contributed by atoms with van der Waals surface area (Å²) in [5.74, 6) is 0.898. The number of methoxy groups -OCH3 is 2. The average Bonchev–Trinajstić information content (AvgIpc) is 3.49. The van der Waals surface area contributed by atoms with Gasteiger partial charge in [0.2, 0.25) is 10.0 Å². The van der Waals surface area contributed by atoms with Crippen molar-refractivity contribution in [1.29, 1.82) is 0 Å². The van der Waals surface area contributed by atoms with Crippen LogP contribution in [0.5, 0.6) is 11.5 Å². The van der Waals surface area contributed by atoms with Gasteiger partial charge in [-0.3, -0.25) is 0 Å². The maximum atomic E-state index is 13.5. The third kappa shape index (κ3) is 4.62. The molecule has 0 atom stereocenters. The van der Waals surface area contributed by atoms with Crippen LogP contribution in [0.2, 0.25) is 5.02 Å². The van der Waals surface area contributed by atoms with Crippen molar-refractivity contribution in [3.8, 4) is 11.5 Å². The van der Waals surface area contributed by atoms with Crippen molar-refractivity contribution >= 4 is 21.6 Å². The quantitative estimate of drug-likeness (QED) is 0.613. The molecule has 0 amide bonds. The highest BCUT2D eigenvalue weighted by atomic mass is 35.5. The number of nitrogens with zero attached hydrogens (tertiary/aromatic N) is 1. The molecule has 0 spiro atoms. The Hall–Kier alpha value is -1.97. The van der Waals surface area contributed by atoms with Crippen LogP contribution in [0.15, 0.2) is 41.3 Å². The van der Waals surface area contributed by atoms with Crippen LogP contribution in [-0.4, -0.2) is 33.0 Å². The summed E-state index contributed by atoms with van der Waals surface area (Å²) < 4.78 is 78.6. The fraction of sp³-hybridized carbons (Fsp3) is 0.368. The lowest BCUT2D eigenvalue weighted by Gasteiger charge is -2.25. The van der Waals surface area contributed by atoms with Gasteiger partial charge in [-0.1, -0.05) is 11.6 Å². The number of rotatable bonds is 7. The van der Waals surface area contributed by atoms with Gasteiger partial charge in [-0.15, -0.1) is 0 Å². The second-order valence-corrected chi connectivity index (χ2v) is 8.89.